The molecular formula is C17H16N2O2S2. The third-order valence-corrected chi connectivity index (χ3v) is 5.43. The van der Waals surface area contributed by atoms with Gasteiger partial charge in [-0.15, -0.1) is 22.7 Å². The Morgan fingerprint density at radius 3 is 2.74 bits per heavy atom. The Bertz CT molecular complexity index is 796. The highest BCUT2D eigenvalue weighted by atomic mass is 32.1. The van der Waals surface area contributed by atoms with Crippen LogP contribution in [0.5, 0.6) is 0 Å². The topological polar surface area (TPSA) is 62.2 Å². The predicted molar refractivity (Wildman–Crippen MR) is 93.9 cm³/mol. The van der Waals surface area contributed by atoms with E-state index in [9.17, 15) is 9.90 Å². The number of aryl methyl sites for hydroxylation is 1. The van der Waals surface area contributed by atoms with E-state index >= 15 is 0 Å². The van der Waals surface area contributed by atoms with Crippen LogP contribution in [-0.4, -0.2) is 22.5 Å². The van der Waals surface area contributed by atoms with Gasteiger partial charge in [0.15, 0.2) is 0 Å². The molecule has 3 aromatic rings. The summed E-state index contributed by atoms with van der Waals surface area (Å²) in [7, 11) is 0. The molecule has 2 aromatic heterocycles. The van der Waals surface area contributed by atoms with Crippen LogP contribution >= 0.6 is 22.7 Å². The molecule has 0 unspecified atom stereocenters. The summed E-state index contributed by atoms with van der Waals surface area (Å²) in [6.45, 7) is 2.13. The summed E-state index contributed by atoms with van der Waals surface area (Å²) in [4.78, 5) is 17.4. The molecule has 6 heteroatoms. The van der Waals surface area contributed by atoms with Crippen LogP contribution < -0.4 is 5.32 Å². The smallest absolute Gasteiger partial charge is 0.270 e. The van der Waals surface area contributed by atoms with Crippen molar-refractivity contribution in [3.63, 3.8) is 0 Å². The Kier molecular flexibility index (Phi) is 4.85. The van der Waals surface area contributed by atoms with Crippen molar-refractivity contribution in [1.29, 1.82) is 0 Å². The first kappa shape index (κ1) is 15.9. The number of nitrogens with one attached hydrogen (secondary N) is 1. The van der Waals surface area contributed by atoms with E-state index in [0.29, 0.717) is 5.69 Å². The van der Waals surface area contributed by atoms with Crippen LogP contribution in [0.1, 0.15) is 27.0 Å². The molecule has 0 spiro atoms. The van der Waals surface area contributed by atoms with Gasteiger partial charge in [-0.1, -0.05) is 30.3 Å². The van der Waals surface area contributed by atoms with Gasteiger partial charge in [0.2, 0.25) is 0 Å². The maximum atomic E-state index is 12.2. The van der Waals surface area contributed by atoms with Crippen LogP contribution in [0.4, 0.5) is 0 Å². The summed E-state index contributed by atoms with van der Waals surface area (Å²) in [5.41, 5.74) is 2.41. The third-order valence-electron chi connectivity index (χ3n) is 3.42. The number of hydrogen-bond donors (Lipinski definition) is 2. The maximum Gasteiger partial charge on any atom is 0.270 e. The van der Waals surface area contributed by atoms with Crippen LogP contribution in [0.2, 0.25) is 0 Å². The van der Waals surface area contributed by atoms with E-state index in [4.69, 9.17) is 0 Å². The third kappa shape index (κ3) is 3.67. The molecule has 0 fully saturated rings. The van der Waals surface area contributed by atoms with E-state index in [1.54, 1.807) is 5.38 Å². The Morgan fingerprint density at radius 1 is 1.26 bits per heavy atom. The molecular weight excluding hydrogens is 328 g/mol. The summed E-state index contributed by atoms with van der Waals surface area (Å²) in [6.07, 6.45) is -0.689. The molecule has 3 rings (SSSR count). The Labute approximate surface area is 142 Å². The zero-order valence-corrected chi connectivity index (χ0v) is 14.2. The summed E-state index contributed by atoms with van der Waals surface area (Å²) >= 11 is 2.92. The van der Waals surface area contributed by atoms with E-state index < -0.39 is 6.10 Å². The quantitative estimate of drug-likeness (QED) is 0.743. The fourth-order valence-corrected chi connectivity index (χ4v) is 3.91. The molecule has 0 aliphatic rings. The molecule has 1 atom stereocenters. The number of benzene rings is 1. The number of nitrogens with zero attached hydrogens (tertiary/aromatic N) is 1. The van der Waals surface area contributed by atoms with Crippen molar-refractivity contribution in [2.24, 2.45) is 0 Å². The lowest BCUT2D eigenvalue weighted by molar-refractivity contribution is 0.0913. The van der Waals surface area contributed by atoms with Crippen molar-refractivity contribution < 1.29 is 9.90 Å². The van der Waals surface area contributed by atoms with Crippen molar-refractivity contribution in [2.45, 2.75) is 13.0 Å². The molecule has 0 bridgehead atoms. The number of rotatable bonds is 5. The molecule has 2 N–H and O–H groups in total. The van der Waals surface area contributed by atoms with Crippen LogP contribution in [0.25, 0.3) is 10.6 Å². The van der Waals surface area contributed by atoms with E-state index in [-0.39, 0.29) is 12.5 Å². The number of carbonyl (C=O) groups excluding carboxylic acids is 1. The van der Waals surface area contributed by atoms with Gasteiger partial charge in [-0.05, 0) is 23.9 Å². The van der Waals surface area contributed by atoms with Crippen molar-refractivity contribution in [3.8, 4) is 10.6 Å². The van der Waals surface area contributed by atoms with Crippen LogP contribution in [-0.2, 0) is 0 Å². The minimum atomic E-state index is -0.689. The molecule has 4 nitrogen and oxygen atoms in total. The van der Waals surface area contributed by atoms with Crippen LogP contribution in [0.3, 0.4) is 0 Å². The zero-order chi connectivity index (χ0) is 16.2. The number of aromatic nitrogens is 1. The average molecular weight is 344 g/mol. The highest BCUT2D eigenvalue weighted by Crippen LogP contribution is 2.24. The number of carbonyl (C=O) groups is 1. The van der Waals surface area contributed by atoms with Crippen LogP contribution in [0, 0.1) is 6.92 Å². The average Bonchev–Trinajstić information content (AvgIpc) is 3.22. The van der Waals surface area contributed by atoms with Crippen molar-refractivity contribution in [3.05, 3.63) is 63.3 Å². The second-order valence-corrected chi connectivity index (χ2v) is 6.90. The second kappa shape index (κ2) is 7.04. The van der Waals surface area contributed by atoms with Gasteiger partial charge in [-0.3, -0.25) is 4.79 Å². The molecule has 2 heterocycles. The minimum absolute atomic E-state index is 0.179. The largest absolute Gasteiger partial charge is 0.386 e. The first-order valence-electron chi connectivity index (χ1n) is 7.16. The SMILES string of the molecule is Cc1ccsc1[C@@H](O)CNC(=O)c1csc(-c2ccccc2)n1. The van der Waals surface area contributed by atoms with E-state index in [1.165, 1.54) is 22.7 Å². The highest BCUT2D eigenvalue weighted by Gasteiger charge is 2.16. The number of thiazole rings is 1. The number of amides is 1. The van der Waals surface area contributed by atoms with Crippen molar-refractivity contribution >= 4 is 28.6 Å². The van der Waals surface area contributed by atoms with Gasteiger partial charge >= 0.3 is 0 Å². The van der Waals surface area contributed by atoms with E-state index in [0.717, 1.165) is 21.0 Å². The summed E-state index contributed by atoms with van der Waals surface area (Å²) in [5, 5.41) is 17.4. The van der Waals surface area contributed by atoms with Gasteiger partial charge < -0.3 is 10.4 Å². The zero-order valence-electron chi connectivity index (χ0n) is 12.5. The molecule has 1 amide bonds. The fourth-order valence-electron chi connectivity index (χ4n) is 2.19. The standard InChI is InChI=1S/C17H16N2O2S2/c1-11-7-8-22-15(11)14(20)9-18-16(21)13-10-23-17(19-13)12-5-3-2-4-6-12/h2-8,10,14,20H,9H2,1H3,(H,18,21)/t14-/m0/s1. The number of hydrogen-bond acceptors (Lipinski definition) is 5. The minimum Gasteiger partial charge on any atom is -0.386 e. The maximum absolute atomic E-state index is 12.2. The Balaban J connectivity index is 1.63. The van der Waals surface area contributed by atoms with Gasteiger partial charge in [0, 0.05) is 22.4 Å². The molecule has 0 saturated carbocycles. The Hall–Kier alpha value is -2.02. The highest BCUT2D eigenvalue weighted by molar-refractivity contribution is 7.13. The summed E-state index contributed by atoms with van der Waals surface area (Å²) < 4.78 is 0. The van der Waals surface area contributed by atoms with Crippen molar-refractivity contribution in [2.75, 3.05) is 6.54 Å². The lowest BCUT2D eigenvalue weighted by Gasteiger charge is -2.10. The first-order valence-corrected chi connectivity index (χ1v) is 8.92. The predicted octanol–water partition coefficient (Wildman–Crippen LogP) is 3.64. The monoisotopic (exact) mass is 344 g/mol. The molecule has 1 aromatic carbocycles. The van der Waals surface area contributed by atoms with Gasteiger partial charge in [0.1, 0.15) is 16.8 Å². The Morgan fingerprint density at radius 2 is 2.04 bits per heavy atom. The fraction of sp³-hybridized carbons (Fsp3) is 0.176. The van der Waals surface area contributed by atoms with Crippen molar-refractivity contribution in [1.82, 2.24) is 10.3 Å². The summed E-state index contributed by atoms with van der Waals surface area (Å²) in [5.74, 6) is -0.267. The number of thiophene rings is 1. The normalized spacial score (nSPS) is 12.1. The van der Waals surface area contributed by atoms with E-state index in [1.807, 2.05) is 48.7 Å². The van der Waals surface area contributed by atoms with Gasteiger partial charge in [-0.2, -0.15) is 0 Å². The molecule has 0 radical (unpaired) electrons. The molecule has 0 aliphatic heterocycles. The lowest BCUT2D eigenvalue weighted by Crippen LogP contribution is -2.28. The number of aliphatic hydroxyl groups is 1. The summed E-state index contributed by atoms with van der Waals surface area (Å²) in [6, 6.07) is 11.7. The molecule has 0 aliphatic carbocycles. The van der Waals surface area contributed by atoms with Gasteiger partial charge in [0.05, 0.1) is 0 Å². The van der Waals surface area contributed by atoms with Gasteiger partial charge in [0.25, 0.3) is 5.91 Å². The van der Waals surface area contributed by atoms with E-state index in [2.05, 4.69) is 10.3 Å². The van der Waals surface area contributed by atoms with Gasteiger partial charge in [-0.25, -0.2) is 4.98 Å². The molecule has 118 valence electrons. The van der Waals surface area contributed by atoms with Crippen LogP contribution in [0.15, 0.2) is 47.2 Å². The number of aliphatic hydroxyl groups excluding tert-OH is 1. The lowest BCUT2D eigenvalue weighted by atomic mass is 10.2. The molecule has 23 heavy (non-hydrogen) atoms. The molecule has 0 saturated heterocycles. The first-order chi connectivity index (χ1) is 11.1. The second-order valence-electron chi connectivity index (χ2n) is 5.10.